The highest BCUT2D eigenvalue weighted by Crippen LogP contribution is 2.38. The van der Waals surface area contributed by atoms with Crippen molar-refractivity contribution >= 4 is 6.09 Å². The van der Waals surface area contributed by atoms with Gasteiger partial charge in [-0.1, -0.05) is 56.7 Å². The SMILES string of the molecule is CC1=CCC(NC(=O)OC(C)(C)C)(c2cccc(C(C)(C)C)c2)CC1. The van der Waals surface area contributed by atoms with Gasteiger partial charge in [-0.25, -0.2) is 4.79 Å². The Morgan fingerprint density at radius 2 is 1.84 bits per heavy atom. The molecule has 1 amide bonds. The van der Waals surface area contributed by atoms with Gasteiger partial charge in [-0.05, 0) is 63.5 Å². The summed E-state index contributed by atoms with van der Waals surface area (Å²) in [4.78, 5) is 12.5. The van der Waals surface area contributed by atoms with E-state index < -0.39 is 11.1 Å². The van der Waals surface area contributed by atoms with E-state index in [1.54, 1.807) is 0 Å². The number of carbonyl (C=O) groups excluding carboxylic acids is 1. The molecule has 2 rings (SSSR count). The molecule has 1 aromatic carbocycles. The number of amides is 1. The van der Waals surface area contributed by atoms with Crippen LogP contribution in [0.1, 0.15) is 78.9 Å². The Hall–Kier alpha value is -1.77. The summed E-state index contributed by atoms with van der Waals surface area (Å²) in [5.41, 5.74) is 3.00. The zero-order valence-corrected chi connectivity index (χ0v) is 16.8. The van der Waals surface area contributed by atoms with Crippen molar-refractivity contribution in [2.75, 3.05) is 0 Å². The highest BCUT2D eigenvalue weighted by atomic mass is 16.6. The molecule has 0 saturated heterocycles. The molecule has 138 valence electrons. The van der Waals surface area contributed by atoms with Crippen molar-refractivity contribution in [2.24, 2.45) is 0 Å². The Bertz CT molecular complexity index is 661. The lowest BCUT2D eigenvalue weighted by molar-refractivity contribution is 0.0442. The summed E-state index contributed by atoms with van der Waals surface area (Å²) in [7, 11) is 0. The summed E-state index contributed by atoms with van der Waals surface area (Å²) in [6, 6.07) is 8.63. The standard InChI is InChI=1S/C22H33NO2/c1-16-11-13-22(14-12-16,23-19(24)25-21(5,6)7)18-10-8-9-17(15-18)20(2,3)4/h8-11,15H,12-14H2,1-7H3,(H,23,24). The second-order valence-corrected chi connectivity index (χ2v) is 9.29. The molecule has 0 aliphatic heterocycles. The largest absolute Gasteiger partial charge is 0.444 e. The number of nitrogens with one attached hydrogen (secondary N) is 1. The minimum absolute atomic E-state index is 0.0730. The molecule has 3 nitrogen and oxygen atoms in total. The van der Waals surface area contributed by atoms with Crippen LogP contribution in [0.3, 0.4) is 0 Å². The summed E-state index contributed by atoms with van der Waals surface area (Å²) in [5, 5.41) is 3.20. The van der Waals surface area contributed by atoms with Crippen LogP contribution < -0.4 is 5.32 Å². The number of allylic oxidation sites excluding steroid dienone is 1. The van der Waals surface area contributed by atoms with Gasteiger partial charge in [-0.3, -0.25) is 0 Å². The summed E-state index contributed by atoms with van der Waals surface area (Å²) < 4.78 is 5.54. The maximum Gasteiger partial charge on any atom is 0.408 e. The van der Waals surface area contributed by atoms with Crippen molar-refractivity contribution in [3.63, 3.8) is 0 Å². The fraction of sp³-hybridized carbons (Fsp3) is 0.591. The van der Waals surface area contributed by atoms with Crippen LogP contribution in [0.2, 0.25) is 0 Å². The van der Waals surface area contributed by atoms with E-state index in [0.717, 1.165) is 24.8 Å². The predicted molar refractivity (Wildman–Crippen MR) is 104 cm³/mol. The average Bonchev–Trinajstić information content (AvgIpc) is 2.47. The lowest BCUT2D eigenvalue weighted by Crippen LogP contribution is -2.48. The zero-order chi connectivity index (χ0) is 18.9. The third-order valence-electron chi connectivity index (χ3n) is 4.77. The van der Waals surface area contributed by atoms with Crippen LogP contribution in [0.4, 0.5) is 4.79 Å². The molecule has 0 heterocycles. The van der Waals surface area contributed by atoms with Gasteiger partial charge in [0.05, 0.1) is 5.54 Å². The first kappa shape index (κ1) is 19.6. The van der Waals surface area contributed by atoms with Crippen molar-refractivity contribution in [3.8, 4) is 0 Å². The number of hydrogen-bond donors (Lipinski definition) is 1. The third-order valence-corrected chi connectivity index (χ3v) is 4.77. The van der Waals surface area contributed by atoms with Gasteiger partial charge in [0.2, 0.25) is 0 Å². The first-order valence-electron chi connectivity index (χ1n) is 9.19. The average molecular weight is 344 g/mol. The van der Waals surface area contributed by atoms with Crippen molar-refractivity contribution in [2.45, 2.75) is 84.3 Å². The van der Waals surface area contributed by atoms with Gasteiger partial charge < -0.3 is 10.1 Å². The van der Waals surface area contributed by atoms with E-state index in [4.69, 9.17) is 4.74 Å². The molecule has 0 bridgehead atoms. The number of carbonyl (C=O) groups is 1. The molecule has 0 fully saturated rings. The van der Waals surface area contributed by atoms with Crippen molar-refractivity contribution in [3.05, 3.63) is 47.0 Å². The second kappa shape index (κ2) is 6.86. The van der Waals surface area contributed by atoms with Crippen LogP contribution in [0.25, 0.3) is 0 Å². The number of alkyl carbamates (subject to hydrolysis) is 1. The van der Waals surface area contributed by atoms with Crippen LogP contribution in [-0.2, 0) is 15.7 Å². The highest BCUT2D eigenvalue weighted by molar-refractivity contribution is 5.69. The molecule has 1 aliphatic rings. The van der Waals surface area contributed by atoms with Crippen LogP contribution in [0.15, 0.2) is 35.9 Å². The minimum Gasteiger partial charge on any atom is -0.444 e. The van der Waals surface area contributed by atoms with Crippen molar-refractivity contribution < 1.29 is 9.53 Å². The van der Waals surface area contributed by atoms with E-state index in [-0.39, 0.29) is 11.5 Å². The van der Waals surface area contributed by atoms with E-state index in [1.807, 2.05) is 20.8 Å². The second-order valence-electron chi connectivity index (χ2n) is 9.29. The fourth-order valence-corrected chi connectivity index (χ4v) is 3.19. The minimum atomic E-state index is -0.501. The molecule has 0 spiro atoms. The van der Waals surface area contributed by atoms with Gasteiger partial charge in [0, 0.05) is 0 Å². The Kier molecular flexibility index (Phi) is 5.36. The van der Waals surface area contributed by atoms with Crippen LogP contribution in [0, 0.1) is 0 Å². The molecule has 1 aromatic rings. The van der Waals surface area contributed by atoms with Gasteiger partial charge in [-0.2, -0.15) is 0 Å². The molecule has 25 heavy (non-hydrogen) atoms. The van der Waals surface area contributed by atoms with E-state index in [1.165, 1.54) is 11.1 Å². The maximum atomic E-state index is 12.5. The van der Waals surface area contributed by atoms with Gasteiger partial charge in [0.1, 0.15) is 5.60 Å². The molecule has 1 aliphatic carbocycles. The molecule has 1 atom stereocenters. The quantitative estimate of drug-likeness (QED) is 0.686. The molecule has 1 unspecified atom stereocenters. The highest BCUT2D eigenvalue weighted by Gasteiger charge is 2.36. The van der Waals surface area contributed by atoms with Crippen molar-refractivity contribution in [1.82, 2.24) is 5.32 Å². The molecule has 0 radical (unpaired) electrons. The summed E-state index contributed by atoms with van der Waals surface area (Å²) in [5.74, 6) is 0. The number of hydrogen-bond acceptors (Lipinski definition) is 2. The van der Waals surface area contributed by atoms with Gasteiger partial charge in [-0.15, -0.1) is 0 Å². The first-order valence-corrected chi connectivity index (χ1v) is 9.19. The Balaban J connectivity index is 2.38. The third kappa shape index (κ3) is 5.10. The van der Waals surface area contributed by atoms with Crippen LogP contribution >= 0.6 is 0 Å². The smallest absolute Gasteiger partial charge is 0.408 e. The Morgan fingerprint density at radius 3 is 2.36 bits per heavy atom. The molecule has 1 N–H and O–H groups in total. The Labute approximate surface area is 152 Å². The maximum absolute atomic E-state index is 12.5. The fourth-order valence-electron chi connectivity index (χ4n) is 3.19. The predicted octanol–water partition coefficient (Wildman–Crippen LogP) is 5.83. The monoisotopic (exact) mass is 343 g/mol. The lowest BCUT2D eigenvalue weighted by atomic mass is 9.75. The topological polar surface area (TPSA) is 38.3 Å². The number of ether oxygens (including phenoxy) is 1. The Morgan fingerprint density at radius 1 is 1.16 bits per heavy atom. The first-order chi connectivity index (χ1) is 11.4. The molecular weight excluding hydrogens is 310 g/mol. The number of rotatable bonds is 2. The van der Waals surface area contributed by atoms with E-state index >= 15 is 0 Å². The van der Waals surface area contributed by atoms with Gasteiger partial charge in [0.15, 0.2) is 0 Å². The molecule has 0 saturated carbocycles. The summed E-state index contributed by atoms with van der Waals surface area (Å²) >= 11 is 0. The van der Waals surface area contributed by atoms with Crippen molar-refractivity contribution in [1.29, 1.82) is 0 Å². The summed E-state index contributed by atoms with van der Waals surface area (Å²) in [6.45, 7) is 14.5. The van der Waals surface area contributed by atoms with E-state index in [0.29, 0.717) is 0 Å². The number of benzene rings is 1. The van der Waals surface area contributed by atoms with Crippen LogP contribution in [-0.4, -0.2) is 11.7 Å². The lowest BCUT2D eigenvalue weighted by Gasteiger charge is -2.38. The van der Waals surface area contributed by atoms with Crippen LogP contribution in [0.5, 0.6) is 0 Å². The normalized spacial score (nSPS) is 21.5. The van der Waals surface area contributed by atoms with E-state index in [2.05, 4.69) is 63.4 Å². The van der Waals surface area contributed by atoms with E-state index in [9.17, 15) is 4.79 Å². The molecule has 0 aromatic heterocycles. The zero-order valence-electron chi connectivity index (χ0n) is 16.8. The molecule has 3 heteroatoms. The summed E-state index contributed by atoms with van der Waals surface area (Å²) in [6.07, 6.45) is 4.57. The van der Waals surface area contributed by atoms with Gasteiger partial charge in [0.25, 0.3) is 0 Å². The molecular formula is C22H33NO2. The van der Waals surface area contributed by atoms with Gasteiger partial charge >= 0.3 is 6.09 Å².